The van der Waals surface area contributed by atoms with Gasteiger partial charge in [0.05, 0.1) is 0 Å². The third-order valence-corrected chi connectivity index (χ3v) is 2.34. The first-order valence-electron chi connectivity index (χ1n) is 6.05. The first kappa shape index (κ1) is 14.2. The zero-order chi connectivity index (χ0) is 13.4. The van der Waals surface area contributed by atoms with E-state index in [2.05, 4.69) is 10.6 Å². The number of benzene rings is 1. The summed E-state index contributed by atoms with van der Waals surface area (Å²) in [5.74, 6) is -0.225. The van der Waals surface area contributed by atoms with Crippen molar-refractivity contribution in [1.82, 2.24) is 5.32 Å². The van der Waals surface area contributed by atoms with Crippen LogP contribution in [0.15, 0.2) is 24.3 Å². The van der Waals surface area contributed by atoms with Gasteiger partial charge in [-0.3, -0.25) is 9.59 Å². The highest BCUT2D eigenvalue weighted by Gasteiger charge is 2.05. The van der Waals surface area contributed by atoms with Gasteiger partial charge in [-0.25, -0.2) is 0 Å². The Labute approximate surface area is 107 Å². The molecule has 0 atom stereocenters. The maximum atomic E-state index is 11.6. The van der Waals surface area contributed by atoms with Gasteiger partial charge in [0.15, 0.2) is 0 Å². The van der Waals surface area contributed by atoms with Gasteiger partial charge in [0.1, 0.15) is 0 Å². The Morgan fingerprint density at radius 1 is 1.22 bits per heavy atom. The van der Waals surface area contributed by atoms with Gasteiger partial charge in [-0.05, 0) is 30.7 Å². The SMILES string of the molecule is CCCNC(=O)c1ccc(NC(=O)CCN)cc1. The quantitative estimate of drug-likeness (QED) is 0.706. The molecular weight excluding hydrogens is 230 g/mol. The summed E-state index contributed by atoms with van der Waals surface area (Å²) in [6.07, 6.45) is 1.19. The van der Waals surface area contributed by atoms with E-state index in [0.29, 0.717) is 30.8 Å². The van der Waals surface area contributed by atoms with Gasteiger partial charge in [-0.2, -0.15) is 0 Å². The Kier molecular flexibility index (Phi) is 5.87. The van der Waals surface area contributed by atoms with Crippen LogP contribution in [-0.4, -0.2) is 24.9 Å². The molecule has 0 bridgehead atoms. The van der Waals surface area contributed by atoms with E-state index in [9.17, 15) is 9.59 Å². The van der Waals surface area contributed by atoms with Crippen molar-refractivity contribution in [2.45, 2.75) is 19.8 Å². The van der Waals surface area contributed by atoms with Gasteiger partial charge in [0, 0.05) is 30.8 Å². The smallest absolute Gasteiger partial charge is 0.251 e. The summed E-state index contributed by atoms with van der Waals surface area (Å²) >= 11 is 0. The first-order chi connectivity index (χ1) is 8.67. The van der Waals surface area contributed by atoms with Gasteiger partial charge in [0.25, 0.3) is 5.91 Å². The molecule has 0 saturated heterocycles. The van der Waals surface area contributed by atoms with E-state index in [0.717, 1.165) is 6.42 Å². The number of rotatable bonds is 6. The van der Waals surface area contributed by atoms with Gasteiger partial charge < -0.3 is 16.4 Å². The lowest BCUT2D eigenvalue weighted by Gasteiger charge is -2.06. The molecule has 98 valence electrons. The second-order valence-corrected chi connectivity index (χ2v) is 3.92. The maximum Gasteiger partial charge on any atom is 0.251 e. The molecule has 5 heteroatoms. The van der Waals surface area contributed by atoms with Crippen molar-refractivity contribution >= 4 is 17.5 Å². The first-order valence-corrected chi connectivity index (χ1v) is 6.05. The summed E-state index contributed by atoms with van der Waals surface area (Å²) in [6, 6.07) is 6.77. The van der Waals surface area contributed by atoms with Crippen molar-refractivity contribution < 1.29 is 9.59 Å². The summed E-state index contributed by atoms with van der Waals surface area (Å²) in [6.45, 7) is 2.98. The molecule has 0 unspecified atom stereocenters. The lowest BCUT2D eigenvalue weighted by molar-refractivity contribution is -0.116. The second-order valence-electron chi connectivity index (χ2n) is 3.92. The Balaban J connectivity index is 2.57. The third kappa shape index (κ3) is 4.55. The fourth-order valence-corrected chi connectivity index (χ4v) is 1.40. The summed E-state index contributed by atoms with van der Waals surface area (Å²) in [4.78, 5) is 22.9. The summed E-state index contributed by atoms with van der Waals surface area (Å²) < 4.78 is 0. The highest BCUT2D eigenvalue weighted by Crippen LogP contribution is 2.09. The third-order valence-electron chi connectivity index (χ3n) is 2.34. The Morgan fingerprint density at radius 3 is 2.44 bits per heavy atom. The molecule has 4 N–H and O–H groups in total. The normalized spacial score (nSPS) is 9.89. The molecule has 1 aromatic rings. The van der Waals surface area contributed by atoms with E-state index in [1.165, 1.54) is 0 Å². The van der Waals surface area contributed by atoms with Crippen molar-refractivity contribution in [2.75, 3.05) is 18.4 Å². The minimum atomic E-state index is -0.124. The zero-order valence-corrected chi connectivity index (χ0v) is 10.5. The monoisotopic (exact) mass is 249 g/mol. The van der Waals surface area contributed by atoms with Crippen LogP contribution in [0.25, 0.3) is 0 Å². The standard InChI is InChI=1S/C13H19N3O2/c1-2-9-15-13(18)10-3-5-11(6-4-10)16-12(17)7-8-14/h3-6H,2,7-9,14H2,1H3,(H,15,18)(H,16,17). The van der Waals surface area contributed by atoms with Crippen LogP contribution < -0.4 is 16.4 Å². The van der Waals surface area contributed by atoms with Crippen LogP contribution in [0.3, 0.4) is 0 Å². The summed E-state index contributed by atoms with van der Waals surface area (Å²) in [5, 5.41) is 5.49. The Bertz CT molecular complexity index is 401. The van der Waals surface area contributed by atoms with Gasteiger partial charge in [0.2, 0.25) is 5.91 Å². The van der Waals surface area contributed by atoms with Crippen LogP contribution >= 0.6 is 0 Å². The predicted molar refractivity (Wildman–Crippen MR) is 71.4 cm³/mol. The van der Waals surface area contributed by atoms with Crippen LogP contribution in [0.2, 0.25) is 0 Å². The number of hydrogen-bond acceptors (Lipinski definition) is 3. The van der Waals surface area contributed by atoms with Crippen LogP contribution in [-0.2, 0) is 4.79 Å². The lowest BCUT2D eigenvalue weighted by atomic mass is 10.2. The molecule has 0 heterocycles. The highest BCUT2D eigenvalue weighted by molar-refractivity contribution is 5.95. The molecule has 0 aliphatic rings. The largest absolute Gasteiger partial charge is 0.352 e. The minimum Gasteiger partial charge on any atom is -0.352 e. The Hall–Kier alpha value is -1.88. The number of carbonyl (C=O) groups excluding carboxylic acids is 2. The van der Waals surface area contributed by atoms with E-state index in [1.807, 2.05) is 6.92 Å². The lowest BCUT2D eigenvalue weighted by Crippen LogP contribution is -2.23. The number of anilines is 1. The molecule has 1 aromatic carbocycles. The molecule has 0 aliphatic heterocycles. The second kappa shape index (κ2) is 7.45. The molecule has 0 radical (unpaired) electrons. The van der Waals surface area contributed by atoms with Crippen molar-refractivity contribution in [2.24, 2.45) is 5.73 Å². The van der Waals surface area contributed by atoms with Crippen molar-refractivity contribution in [1.29, 1.82) is 0 Å². The van der Waals surface area contributed by atoms with E-state index < -0.39 is 0 Å². The highest BCUT2D eigenvalue weighted by atomic mass is 16.2. The molecule has 0 saturated carbocycles. The molecule has 18 heavy (non-hydrogen) atoms. The molecule has 0 fully saturated rings. The summed E-state index contributed by atoms with van der Waals surface area (Å²) in [7, 11) is 0. The number of carbonyl (C=O) groups is 2. The van der Waals surface area contributed by atoms with Crippen LogP contribution in [0.1, 0.15) is 30.1 Å². The number of nitrogens with two attached hydrogens (primary N) is 1. The average Bonchev–Trinajstić information content (AvgIpc) is 2.37. The average molecular weight is 249 g/mol. The van der Waals surface area contributed by atoms with E-state index in [4.69, 9.17) is 5.73 Å². The minimum absolute atomic E-state index is 0.100. The molecule has 0 spiro atoms. The van der Waals surface area contributed by atoms with Crippen molar-refractivity contribution in [3.8, 4) is 0 Å². The van der Waals surface area contributed by atoms with Crippen molar-refractivity contribution in [3.63, 3.8) is 0 Å². The van der Waals surface area contributed by atoms with Crippen LogP contribution in [0.4, 0.5) is 5.69 Å². The molecule has 2 amide bonds. The van der Waals surface area contributed by atoms with Gasteiger partial charge in [-0.1, -0.05) is 6.92 Å². The fourth-order valence-electron chi connectivity index (χ4n) is 1.40. The van der Waals surface area contributed by atoms with Crippen LogP contribution in [0, 0.1) is 0 Å². The van der Waals surface area contributed by atoms with E-state index in [1.54, 1.807) is 24.3 Å². The topological polar surface area (TPSA) is 84.2 Å². The van der Waals surface area contributed by atoms with E-state index >= 15 is 0 Å². The number of amides is 2. The fraction of sp³-hybridized carbons (Fsp3) is 0.385. The molecule has 0 aromatic heterocycles. The molecule has 1 rings (SSSR count). The number of nitrogens with one attached hydrogen (secondary N) is 2. The molecule has 5 nitrogen and oxygen atoms in total. The molecular formula is C13H19N3O2. The van der Waals surface area contributed by atoms with E-state index in [-0.39, 0.29) is 11.8 Å². The molecule has 0 aliphatic carbocycles. The maximum absolute atomic E-state index is 11.6. The Morgan fingerprint density at radius 2 is 1.89 bits per heavy atom. The van der Waals surface area contributed by atoms with Crippen LogP contribution in [0.5, 0.6) is 0 Å². The van der Waals surface area contributed by atoms with Gasteiger partial charge >= 0.3 is 0 Å². The predicted octanol–water partition coefficient (Wildman–Crippen LogP) is 1.11. The summed E-state index contributed by atoms with van der Waals surface area (Å²) in [5.41, 5.74) is 6.53. The zero-order valence-electron chi connectivity index (χ0n) is 10.5. The number of hydrogen-bond donors (Lipinski definition) is 3. The van der Waals surface area contributed by atoms with Gasteiger partial charge in [-0.15, -0.1) is 0 Å². The van der Waals surface area contributed by atoms with Crippen molar-refractivity contribution in [3.05, 3.63) is 29.8 Å².